The summed E-state index contributed by atoms with van der Waals surface area (Å²) < 4.78 is 30.3. The summed E-state index contributed by atoms with van der Waals surface area (Å²) >= 11 is 0. The van der Waals surface area contributed by atoms with E-state index in [-0.39, 0.29) is 17.6 Å². The summed E-state index contributed by atoms with van der Waals surface area (Å²) in [5.74, 6) is 0.0888. The Hall–Kier alpha value is -4.39. The number of hydrogen-bond donors (Lipinski definition) is 0. The van der Waals surface area contributed by atoms with Gasteiger partial charge in [-0.3, -0.25) is 4.68 Å². The largest absolute Gasteiger partial charge is 0.478 e. The predicted octanol–water partition coefficient (Wildman–Crippen LogP) is 6.16. The lowest BCUT2D eigenvalue weighted by atomic mass is 9.98. The summed E-state index contributed by atoms with van der Waals surface area (Å²) in [6, 6.07) is 12.4. The number of likely N-dealkylation sites (tertiary alicyclic amines) is 1. The van der Waals surface area contributed by atoms with E-state index in [0.29, 0.717) is 43.4 Å². The maximum absolute atomic E-state index is 14.8. The molecule has 5 rings (SSSR count). The van der Waals surface area contributed by atoms with Gasteiger partial charge in [0.25, 0.3) is 0 Å². The number of nitrogens with zero attached hydrogens (tertiary/aromatic N) is 6. The molecule has 0 saturated carbocycles. The average molecular weight is 559 g/mol. The van der Waals surface area contributed by atoms with Crippen LogP contribution in [0.5, 0.6) is 5.88 Å². The van der Waals surface area contributed by atoms with Crippen LogP contribution in [0.3, 0.4) is 0 Å². The quantitative estimate of drug-likeness (QED) is 0.281. The molecule has 1 fully saturated rings. The number of amides is 1. The van der Waals surface area contributed by atoms with Crippen molar-refractivity contribution in [3.8, 4) is 34.3 Å². The van der Waals surface area contributed by atoms with Gasteiger partial charge in [0, 0.05) is 37.6 Å². The van der Waals surface area contributed by atoms with Gasteiger partial charge in [-0.05, 0) is 76.3 Å². The second kappa shape index (κ2) is 11.2. The van der Waals surface area contributed by atoms with Crippen molar-refractivity contribution in [3.05, 3.63) is 54.0 Å². The Morgan fingerprint density at radius 2 is 1.98 bits per heavy atom. The number of halogens is 1. The first-order valence-corrected chi connectivity index (χ1v) is 13.9. The fourth-order valence-electron chi connectivity index (χ4n) is 5.34. The van der Waals surface area contributed by atoms with Crippen molar-refractivity contribution in [2.45, 2.75) is 52.7 Å². The molecule has 1 unspecified atom stereocenters. The molecular formula is C31H35FN6O3. The molecule has 1 amide bonds. The Morgan fingerprint density at radius 3 is 2.68 bits per heavy atom. The maximum atomic E-state index is 14.8. The molecule has 10 heteroatoms. The van der Waals surface area contributed by atoms with Crippen molar-refractivity contribution < 1.29 is 18.7 Å². The standard InChI is InChI=1S/C31H35FN6O3/c1-6-40-29-27(21-11-12-26-24(14-21)17-34-36(26)5)28(22-9-10-23(16-33)25(32)15-22)35-38(29)19-20-8-7-13-37(18-20)30(39)41-31(2,3)4/h9-12,14-15,17,20H,6-8,13,18-19H2,1-5H3. The highest BCUT2D eigenvalue weighted by Gasteiger charge is 2.30. The molecule has 1 aliphatic heterocycles. The van der Waals surface area contributed by atoms with Gasteiger partial charge in [-0.15, -0.1) is 0 Å². The summed E-state index contributed by atoms with van der Waals surface area (Å²) in [5.41, 5.74) is 3.08. The third kappa shape index (κ3) is 5.89. The fourth-order valence-corrected chi connectivity index (χ4v) is 5.34. The first-order chi connectivity index (χ1) is 19.6. The highest BCUT2D eigenvalue weighted by atomic mass is 19.1. The van der Waals surface area contributed by atoms with E-state index in [1.807, 2.05) is 68.4 Å². The second-order valence-corrected chi connectivity index (χ2v) is 11.4. The Morgan fingerprint density at radius 1 is 1.20 bits per heavy atom. The molecule has 0 bridgehead atoms. The molecule has 3 heterocycles. The molecule has 0 radical (unpaired) electrons. The molecular weight excluding hydrogens is 523 g/mol. The number of aryl methyl sites for hydroxylation is 1. The van der Waals surface area contributed by atoms with Crippen LogP contribution in [0.25, 0.3) is 33.3 Å². The molecule has 2 aromatic carbocycles. The summed E-state index contributed by atoms with van der Waals surface area (Å²) in [4.78, 5) is 14.6. The van der Waals surface area contributed by atoms with Crippen LogP contribution >= 0.6 is 0 Å². The molecule has 1 saturated heterocycles. The lowest BCUT2D eigenvalue weighted by molar-refractivity contribution is 0.0154. The minimum Gasteiger partial charge on any atom is -0.478 e. The van der Waals surface area contributed by atoms with E-state index < -0.39 is 11.4 Å². The van der Waals surface area contributed by atoms with E-state index in [4.69, 9.17) is 14.6 Å². The molecule has 9 nitrogen and oxygen atoms in total. The zero-order chi connectivity index (χ0) is 29.3. The normalized spacial score (nSPS) is 15.6. The van der Waals surface area contributed by atoms with Crippen molar-refractivity contribution in [2.75, 3.05) is 19.7 Å². The van der Waals surface area contributed by atoms with Gasteiger partial charge in [0.15, 0.2) is 0 Å². The lowest BCUT2D eigenvalue weighted by Gasteiger charge is -2.34. The van der Waals surface area contributed by atoms with Crippen LogP contribution < -0.4 is 4.74 Å². The minimum absolute atomic E-state index is 0.0269. The van der Waals surface area contributed by atoms with E-state index >= 15 is 0 Å². The molecule has 0 spiro atoms. The van der Waals surface area contributed by atoms with Crippen LogP contribution in [-0.4, -0.2) is 55.9 Å². The minimum atomic E-state index is -0.605. The number of rotatable bonds is 6. The van der Waals surface area contributed by atoms with Crippen LogP contribution in [0.4, 0.5) is 9.18 Å². The molecule has 0 N–H and O–H groups in total. The summed E-state index contributed by atoms with van der Waals surface area (Å²) in [6.45, 7) is 9.61. The highest BCUT2D eigenvalue weighted by Crippen LogP contribution is 2.41. The van der Waals surface area contributed by atoms with Gasteiger partial charge in [-0.2, -0.15) is 15.5 Å². The molecule has 4 aromatic rings. The van der Waals surface area contributed by atoms with Crippen LogP contribution in [0.1, 0.15) is 46.1 Å². The molecule has 41 heavy (non-hydrogen) atoms. The van der Waals surface area contributed by atoms with Gasteiger partial charge >= 0.3 is 6.09 Å². The Labute approximate surface area is 239 Å². The number of carbonyl (C=O) groups is 1. The van der Waals surface area contributed by atoms with E-state index in [0.717, 1.165) is 34.9 Å². The van der Waals surface area contributed by atoms with Gasteiger partial charge in [0.1, 0.15) is 23.2 Å². The summed E-state index contributed by atoms with van der Waals surface area (Å²) in [7, 11) is 1.89. The highest BCUT2D eigenvalue weighted by molar-refractivity contribution is 5.91. The Kier molecular flexibility index (Phi) is 7.72. The fraction of sp³-hybridized carbons (Fsp3) is 0.419. The SMILES string of the molecule is CCOc1c(-c2ccc3c(cnn3C)c2)c(-c2ccc(C#N)c(F)c2)nn1CC1CCCN(C(=O)OC(C)(C)C)C1. The van der Waals surface area contributed by atoms with Gasteiger partial charge in [-0.25, -0.2) is 13.9 Å². The molecule has 214 valence electrons. The van der Waals surface area contributed by atoms with Crippen LogP contribution in [0.15, 0.2) is 42.6 Å². The average Bonchev–Trinajstić information content (AvgIpc) is 3.48. The third-order valence-electron chi connectivity index (χ3n) is 7.19. The first kappa shape index (κ1) is 28.1. The summed E-state index contributed by atoms with van der Waals surface area (Å²) in [6.07, 6.45) is 3.26. The number of ether oxygens (including phenoxy) is 2. The number of piperidine rings is 1. The third-order valence-corrected chi connectivity index (χ3v) is 7.19. The van der Waals surface area contributed by atoms with Crippen LogP contribution in [-0.2, 0) is 18.3 Å². The predicted molar refractivity (Wildman–Crippen MR) is 154 cm³/mol. The monoisotopic (exact) mass is 558 g/mol. The van der Waals surface area contributed by atoms with Crippen molar-refractivity contribution in [1.82, 2.24) is 24.5 Å². The number of benzene rings is 2. The number of carbonyl (C=O) groups excluding carboxylic acids is 1. The van der Waals surface area contributed by atoms with E-state index in [1.165, 1.54) is 12.1 Å². The second-order valence-electron chi connectivity index (χ2n) is 11.4. The van der Waals surface area contributed by atoms with Crippen LogP contribution in [0, 0.1) is 23.1 Å². The number of nitriles is 1. The number of hydrogen-bond acceptors (Lipinski definition) is 6. The van der Waals surface area contributed by atoms with Crippen molar-refractivity contribution in [2.24, 2.45) is 13.0 Å². The van der Waals surface area contributed by atoms with E-state index in [2.05, 4.69) is 5.10 Å². The first-order valence-electron chi connectivity index (χ1n) is 13.9. The van der Waals surface area contributed by atoms with E-state index in [1.54, 1.807) is 17.2 Å². The van der Waals surface area contributed by atoms with Crippen molar-refractivity contribution >= 4 is 17.0 Å². The van der Waals surface area contributed by atoms with Gasteiger partial charge in [0.2, 0.25) is 5.88 Å². The van der Waals surface area contributed by atoms with E-state index in [9.17, 15) is 14.4 Å². The number of aromatic nitrogens is 4. The summed E-state index contributed by atoms with van der Waals surface area (Å²) in [5, 5.41) is 19.6. The zero-order valence-corrected chi connectivity index (χ0v) is 24.1. The molecule has 0 aliphatic carbocycles. The van der Waals surface area contributed by atoms with Crippen molar-refractivity contribution in [1.29, 1.82) is 5.26 Å². The smallest absolute Gasteiger partial charge is 0.410 e. The van der Waals surface area contributed by atoms with Gasteiger partial charge < -0.3 is 14.4 Å². The Bertz CT molecular complexity index is 1630. The molecule has 1 atom stereocenters. The Balaban J connectivity index is 1.57. The molecule has 1 aliphatic rings. The van der Waals surface area contributed by atoms with Gasteiger partial charge in [0.05, 0.1) is 29.4 Å². The molecule has 2 aromatic heterocycles. The zero-order valence-electron chi connectivity index (χ0n) is 24.1. The van der Waals surface area contributed by atoms with Crippen molar-refractivity contribution in [3.63, 3.8) is 0 Å². The number of fused-ring (bicyclic) bond motifs is 1. The maximum Gasteiger partial charge on any atom is 0.410 e. The topological polar surface area (TPSA) is 98.2 Å². The van der Waals surface area contributed by atoms with Crippen LogP contribution in [0.2, 0.25) is 0 Å². The lowest BCUT2D eigenvalue weighted by Crippen LogP contribution is -2.43. The van der Waals surface area contributed by atoms with Gasteiger partial charge in [-0.1, -0.05) is 12.1 Å².